The first-order valence-corrected chi connectivity index (χ1v) is 17.5. The maximum absolute atomic E-state index is 14.3. The molecule has 2 aromatic rings. The molecule has 0 radical (unpaired) electrons. The summed E-state index contributed by atoms with van der Waals surface area (Å²) in [6, 6.07) is 3.85. The number of likely N-dealkylation sites (tertiary alicyclic amines) is 1. The Morgan fingerprint density at radius 3 is 2.52 bits per heavy atom. The summed E-state index contributed by atoms with van der Waals surface area (Å²) in [6.07, 6.45) is 7.79. The molecule has 3 aliphatic heterocycles. The van der Waals surface area contributed by atoms with Gasteiger partial charge in [0.2, 0.25) is 0 Å². The molecule has 0 atom stereocenters. The van der Waals surface area contributed by atoms with Crippen LogP contribution in [-0.2, 0) is 0 Å². The third-order valence-corrected chi connectivity index (χ3v) is 10.8. The molecule has 1 aromatic carbocycles. The molecule has 2 spiro atoms. The monoisotopic (exact) mass is 666 g/mol. The molecule has 6 rings (SSSR count). The van der Waals surface area contributed by atoms with Gasteiger partial charge >= 0.3 is 6.03 Å². The minimum atomic E-state index is -0.898. The molecule has 1 aliphatic carbocycles. The number of nitrogens with one attached hydrogen (secondary N) is 1. The minimum absolute atomic E-state index is 0.0516. The Labute approximate surface area is 283 Å². The first-order chi connectivity index (χ1) is 22.8. The Morgan fingerprint density at radius 1 is 1.17 bits per heavy atom. The van der Waals surface area contributed by atoms with Crippen molar-refractivity contribution < 1.29 is 23.8 Å². The zero-order valence-electron chi connectivity index (χ0n) is 29.0. The fourth-order valence-electron chi connectivity index (χ4n) is 8.18. The number of ether oxygens (including phenoxy) is 1. The zero-order valence-corrected chi connectivity index (χ0v) is 29.0. The van der Waals surface area contributed by atoms with Crippen molar-refractivity contribution in [3.8, 4) is 11.6 Å². The second kappa shape index (κ2) is 13.4. The van der Waals surface area contributed by atoms with E-state index in [1.54, 1.807) is 23.6 Å². The number of β-amino-alcohol motifs (C(OH)–C–C–N with tert-alkyl or cyclic N) is 1. The fourth-order valence-corrected chi connectivity index (χ4v) is 8.18. The molecule has 1 aromatic heterocycles. The van der Waals surface area contributed by atoms with E-state index in [1.807, 2.05) is 20.8 Å². The van der Waals surface area contributed by atoms with Gasteiger partial charge in [-0.1, -0.05) is 0 Å². The summed E-state index contributed by atoms with van der Waals surface area (Å²) in [7, 11) is 0. The molecule has 3 saturated heterocycles. The maximum atomic E-state index is 14.3. The van der Waals surface area contributed by atoms with Crippen molar-refractivity contribution in [1.82, 2.24) is 35.2 Å². The Kier molecular flexibility index (Phi) is 9.56. The molecule has 262 valence electrons. The molecule has 13 heteroatoms. The number of carbonyl (C=O) groups is 2. The van der Waals surface area contributed by atoms with Gasteiger partial charge in [-0.05, 0) is 110 Å². The van der Waals surface area contributed by atoms with Gasteiger partial charge in [0.15, 0.2) is 5.82 Å². The Hall–Kier alpha value is -3.58. The average molecular weight is 667 g/mol. The highest BCUT2D eigenvalue weighted by Gasteiger charge is 2.48. The third kappa shape index (κ3) is 7.36. The summed E-state index contributed by atoms with van der Waals surface area (Å²) >= 11 is 0. The van der Waals surface area contributed by atoms with Gasteiger partial charge in [-0.15, -0.1) is 10.2 Å². The van der Waals surface area contributed by atoms with E-state index < -0.39 is 11.4 Å². The summed E-state index contributed by atoms with van der Waals surface area (Å²) < 4.78 is 20.4. The smallest absolute Gasteiger partial charge is 0.318 e. The van der Waals surface area contributed by atoms with Crippen LogP contribution in [0.15, 0.2) is 24.5 Å². The van der Waals surface area contributed by atoms with Gasteiger partial charge < -0.3 is 34.8 Å². The quantitative estimate of drug-likeness (QED) is 0.382. The molecule has 4 fully saturated rings. The van der Waals surface area contributed by atoms with E-state index in [9.17, 15) is 19.1 Å². The van der Waals surface area contributed by atoms with Crippen LogP contribution in [0.1, 0.15) is 83.5 Å². The van der Waals surface area contributed by atoms with E-state index in [1.165, 1.54) is 24.5 Å². The minimum Gasteiger partial charge on any atom is -0.434 e. The van der Waals surface area contributed by atoms with Gasteiger partial charge in [0.1, 0.15) is 17.9 Å². The SMILES string of the molecule is CCN(C(=O)c1cc(F)ccc1Oc1nncnc1N1CC2(CCN(CC3CCC4(CC3)CN(CC(C)(C)O)C(=O)N4)CC2)C1)C(C)C. The van der Waals surface area contributed by atoms with Crippen LogP contribution < -0.4 is 15.0 Å². The zero-order chi connectivity index (χ0) is 34.3. The maximum Gasteiger partial charge on any atom is 0.318 e. The summed E-state index contributed by atoms with van der Waals surface area (Å²) in [5, 5.41) is 21.6. The fraction of sp³-hybridized carbons (Fsp3) is 0.686. The van der Waals surface area contributed by atoms with Crippen LogP contribution in [0.4, 0.5) is 15.0 Å². The van der Waals surface area contributed by atoms with E-state index in [4.69, 9.17) is 4.74 Å². The van der Waals surface area contributed by atoms with E-state index in [0.29, 0.717) is 31.4 Å². The van der Waals surface area contributed by atoms with Crippen molar-refractivity contribution in [1.29, 1.82) is 0 Å². The lowest BCUT2D eigenvalue weighted by atomic mass is 9.71. The number of carbonyl (C=O) groups excluding carboxylic acids is 2. The highest BCUT2D eigenvalue weighted by molar-refractivity contribution is 5.97. The van der Waals surface area contributed by atoms with E-state index >= 15 is 0 Å². The lowest BCUT2D eigenvalue weighted by Gasteiger charge is -2.54. The number of hydrogen-bond donors (Lipinski definition) is 2. The number of piperidine rings is 1. The molecule has 1 saturated carbocycles. The molecule has 0 bridgehead atoms. The van der Waals surface area contributed by atoms with Crippen molar-refractivity contribution in [3.63, 3.8) is 0 Å². The van der Waals surface area contributed by atoms with E-state index in [0.717, 1.165) is 71.2 Å². The van der Waals surface area contributed by atoms with Gasteiger partial charge in [0.25, 0.3) is 11.8 Å². The average Bonchev–Trinajstić information content (AvgIpc) is 3.31. The number of aliphatic hydroxyl groups is 1. The van der Waals surface area contributed by atoms with Crippen molar-refractivity contribution in [3.05, 3.63) is 35.9 Å². The number of anilines is 1. The lowest BCUT2D eigenvalue weighted by molar-refractivity contribution is 0.0462. The van der Waals surface area contributed by atoms with Crippen LogP contribution in [0, 0.1) is 17.2 Å². The largest absolute Gasteiger partial charge is 0.434 e. The number of nitrogens with zero attached hydrogens (tertiary/aromatic N) is 7. The van der Waals surface area contributed by atoms with E-state index in [2.05, 4.69) is 30.3 Å². The number of halogens is 1. The molecular weight excluding hydrogens is 615 g/mol. The molecule has 0 unspecified atom stereocenters. The number of rotatable bonds is 10. The number of benzene rings is 1. The first-order valence-electron chi connectivity index (χ1n) is 17.5. The van der Waals surface area contributed by atoms with Crippen molar-refractivity contribution in [2.45, 2.75) is 90.3 Å². The Balaban J connectivity index is 1.01. The summed E-state index contributed by atoms with van der Waals surface area (Å²) in [6.45, 7) is 15.6. The molecular formula is C35H51FN8O4. The molecule has 4 heterocycles. The number of amides is 3. The first kappa shape index (κ1) is 34.3. The summed E-state index contributed by atoms with van der Waals surface area (Å²) in [5.74, 6) is 0.819. The second-order valence-electron chi connectivity index (χ2n) is 15.5. The highest BCUT2D eigenvalue weighted by Crippen LogP contribution is 2.45. The third-order valence-electron chi connectivity index (χ3n) is 10.8. The summed E-state index contributed by atoms with van der Waals surface area (Å²) in [5.41, 5.74) is -0.701. The topological polar surface area (TPSA) is 127 Å². The second-order valence-corrected chi connectivity index (χ2v) is 15.5. The highest BCUT2D eigenvalue weighted by atomic mass is 19.1. The van der Waals surface area contributed by atoms with Crippen LogP contribution in [0.3, 0.4) is 0 Å². The van der Waals surface area contributed by atoms with Crippen LogP contribution in [0.25, 0.3) is 0 Å². The van der Waals surface area contributed by atoms with Crippen molar-refractivity contribution in [2.75, 3.05) is 57.3 Å². The van der Waals surface area contributed by atoms with Crippen LogP contribution in [-0.4, -0.2) is 116 Å². The summed E-state index contributed by atoms with van der Waals surface area (Å²) in [4.78, 5) is 38.6. The normalized spacial score (nSPS) is 24.2. The van der Waals surface area contributed by atoms with Crippen LogP contribution in [0.5, 0.6) is 11.6 Å². The molecule has 2 N–H and O–H groups in total. The van der Waals surface area contributed by atoms with Gasteiger partial charge in [-0.3, -0.25) is 4.79 Å². The standard InChI is InChI=1S/C35H51FN8O4/c1-6-44(24(2)3)31(45)27-17-26(36)7-8-28(27)48-30-29(37-23-38-40-30)42-20-34(21-42)13-15-41(16-14-34)18-25-9-11-35(12-10-25)22-43(32(46)39-35)19-33(4,5)47/h7-8,17,23-25,47H,6,9-16,18-22H2,1-5H3,(H,39,46). The van der Waals surface area contributed by atoms with Crippen molar-refractivity contribution in [2.24, 2.45) is 11.3 Å². The molecule has 48 heavy (non-hydrogen) atoms. The Morgan fingerprint density at radius 2 is 1.88 bits per heavy atom. The molecule has 12 nitrogen and oxygen atoms in total. The van der Waals surface area contributed by atoms with Crippen LogP contribution in [0.2, 0.25) is 0 Å². The predicted octanol–water partition coefficient (Wildman–Crippen LogP) is 4.30. The van der Waals surface area contributed by atoms with Gasteiger partial charge in [0, 0.05) is 44.2 Å². The van der Waals surface area contributed by atoms with Crippen LogP contribution >= 0.6 is 0 Å². The van der Waals surface area contributed by atoms with Crippen molar-refractivity contribution >= 4 is 17.8 Å². The Bertz CT molecular complexity index is 1480. The molecule has 3 amide bonds. The number of aromatic nitrogens is 3. The lowest BCUT2D eigenvalue weighted by Crippen LogP contribution is -2.61. The van der Waals surface area contributed by atoms with Gasteiger partial charge in [0.05, 0.1) is 23.2 Å². The van der Waals surface area contributed by atoms with E-state index in [-0.39, 0.29) is 46.1 Å². The van der Waals surface area contributed by atoms with Gasteiger partial charge in [-0.2, -0.15) is 0 Å². The number of urea groups is 1. The van der Waals surface area contributed by atoms with Gasteiger partial charge in [-0.25, -0.2) is 14.2 Å². The molecule has 4 aliphatic rings. The predicted molar refractivity (Wildman–Crippen MR) is 180 cm³/mol. The number of hydrogen-bond acceptors (Lipinski definition) is 9.